The molecule has 0 unspecified atom stereocenters. The van der Waals surface area contributed by atoms with E-state index in [0.29, 0.717) is 22.6 Å². The highest BCUT2D eigenvalue weighted by Gasteiger charge is 2.07. The zero-order chi connectivity index (χ0) is 11.0. The lowest BCUT2D eigenvalue weighted by molar-refractivity contribution is 0.611. The number of nitrogens with zero attached hydrogens (tertiary/aromatic N) is 1. The van der Waals surface area contributed by atoms with Crippen LogP contribution in [0.2, 0.25) is 0 Å². The highest BCUT2D eigenvalue weighted by Crippen LogP contribution is 2.23. The summed E-state index contributed by atoms with van der Waals surface area (Å²) in [7, 11) is 0. The van der Waals surface area contributed by atoms with Gasteiger partial charge in [-0.25, -0.2) is 9.37 Å². The second-order valence-corrected chi connectivity index (χ2v) is 3.41. The van der Waals surface area contributed by atoms with Gasteiger partial charge in [0.15, 0.2) is 5.58 Å². The lowest BCUT2D eigenvalue weighted by atomic mass is 10.2. The van der Waals surface area contributed by atoms with Crippen LogP contribution in [0.1, 0.15) is 0 Å². The molecular formula is C13H7FNO. The zero-order valence-corrected chi connectivity index (χ0v) is 8.27. The lowest BCUT2D eigenvalue weighted by Gasteiger charge is -1.93. The topological polar surface area (TPSA) is 26.0 Å². The van der Waals surface area contributed by atoms with Gasteiger partial charge in [0, 0.05) is 11.6 Å². The summed E-state index contributed by atoms with van der Waals surface area (Å²) in [6.45, 7) is 0. The van der Waals surface area contributed by atoms with Crippen LogP contribution in [-0.4, -0.2) is 4.98 Å². The molecule has 0 saturated carbocycles. The largest absolute Gasteiger partial charge is 0.436 e. The van der Waals surface area contributed by atoms with Crippen LogP contribution < -0.4 is 0 Å². The van der Waals surface area contributed by atoms with Crippen LogP contribution in [0.25, 0.3) is 22.6 Å². The molecule has 1 radical (unpaired) electrons. The number of fused-ring (bicyclic) bond motifs is 1. The summed E-state index contributed by atoms with van der Waals surface area (Å²) in [6.07, 6.45) is 0. The Labute approximate surface area is 91.3 Å². The van der Waals surface area contributed by atoms with Crippen molar-refractivity contribution < 1.29 is 8.81 Å². The minimum Gasteiger partial charge on any atom is -0.436 e. The fourth-order valence-electron chi connectivity index (χ4n) is 1.56. The van der Waals surface area contributed by atoms with Gasteiger partial charge in [0.2, 0.25) is 5.89 Å². The molecule has 0 N–H and O–H groups in total. The van der Waals surface area contributed by atoms with E-state index in [2.05, 4.69) is 11.1 Å². The Morgan fingerprint density at radius 1 is 1.19 bits per heavy atom. The molecule has 0 saturated heterocycles. The van der Waals surface area contributed by atoms with E-state index >= 15 is 0 Å². The number of halogens is 1. The number of hydrogen-bond donors (Lipinski definition) is 0. The molecule has 2 aromatic carbocycles. The SMILES string of the molecule is Fc1cccc(-c2nc3[c]cccc3o2)c1. The van der Waals surface area contributed by atoms with Crippen molar-refractivity contribution in [3.05, 3.63) is 54.3 Å². The third-order valence-corrected chi connectivity index (χ3v) is 2.29. The van der Waals surface area contributed by atoms with E-state index in [-0.39, 0.29) is 5.82 Å². The number of para-hydroxylation sites is 1. The van der Waals surface area contributed by atoms with E-state index in [0.717, 1.165) is 0 Å². The molecule has 0 aliphatic heterocycles. The fourth-order valence-corrected chi connectivity index (χ4v) is 1.56. The molecule has 0 fully saturated rings. The predicted octanol–water partition coefficient (Wildman–Crippen LogP) is 3.43. The Balaban J connectivity index is 2.19. The summed E-state index contributed by atoms with van der Waals surface area (Å²) in [5.74, 6) is 0.112. The highest BCUT2D eigenvalue weighted by molar-refractivity contribution is 5.75. The summed E-state index contributed by atoms with van der Waals surface area (Å²) in [6, 6.07) is 14.5. The predicted molar refractivity (Wildman–Crippen MR) is 58.2 cm³/mol. The fraction of sp³-hybridized carbons (Fsp3) is 0. The van der Waals surface area contributed by atoms with Crippen LogP contribution in [-0.2, 0) is 0 Å². The molecule has 3 rings (SSSR count). The average molecular weight is 212 g/mol. The van der Waals surface area contributed by atoms with E-state index in [4.69, 9.17) is 4.42 Å². The van der Waals surface area contributed by atoms with Crippen molar-refractivity contribution in [2.75, 3.05) is 0 Å². The smallest absolute Gasteiger partial charge is 0.227 e. The summed E-state index contributed by atoms with van der Waals surface area (Å²) in [5, 5.41) is 0. The van der Waals surface area contributed by atoms with Crippen molar-refractivity contribution in [3.63, 3.8) is 0 Å². The van der Waals surface area contributed by atoms with E-state index < -0.39 is 0 Å². The van der Waals surface area contributed by atoms with Crippen LogP contribution in [0.4, 0.5) is 4.39 Å². The molecule has 77 valence electrons. The summed E-state index contributed by atoms with van der Waals surface area (Å²) in [5.41, 5.74) is 1.94. The van der Waals surface area contributed by atoms with Gasteiger partial charge in [-0.15, -0.1) is 0 Å². The molecule has 0 aliphatic carbocycles. The van der Waals surface area contributed by atoms with Gasteiger partial charge in [0.1, 0.15) is 11.3 Å². The van der Waals surface area contributed by atoms with Crippen molar-refractivity contribution in [1.29, 1.82) is 0 Å². The Hall–Kier alpha value is -2.16. The number of rotatable bonds is 1. The normalized spacial score (nSPS) is 10.8. The minimum atomic E-state index is -0.302. The molecule has 0 amide bonds. The van der Waals surface area contributed by atoms with Crippen LogP contribution >= 0.6 is 0 Å². The van der Waals surface area contributed by atoms with E-state index in [9.17, 15) is 4.39 Å². The van der Waals surface area contributed by atoms with Gasteiger partial charge in [0.25, 0.3) is 0 Å². The standard InChI is InChI=1S/C13H7FNO/c14-10-5-3-4-9(8-10)13-15-11-6-1-2-7-12(11)16-13/h1-5,7-8H. The van der Waals surface area contributed by atoms with Gasteiger partial charge >= 0.3 is 0 Å². The zero-order valence-electron chi connectivity index (χ0n) is 8.27. The Bertz CT molecular complexity index is 612. The minimum absolute atomic E-state index is 0.302. The van der Waals surface area contributed by atoms with Crippen LogP contribution in [0.15, 0.2) is 46.9 Å². The van der Waals surface area contributed by atoms with E-state index in [1.165, 1.54) is 12.1 Å². The van der Waals surface area contributed by atoms with Crippen molar-refractivity contribution in [1.82, 2.24) is 4.98 Å². The van der Waals surface area contributed by atoms with Crippen LogP contribution in [0.5, 0.6) is 0 Å². The van der Waals surface area contributed by atoms with Gasteiger partial charge < -0.3 is 4.42 Å². The molecule has 3 aromatic rings. The van der Waals surface area contributed by atoms with Gasteiger partial charge in [-0.2, -0.15) is 0 Å². The van der Waals surface area contributed by atoms with Crippen LogP contribution in [0, 0.1) is 11.9 Å². The maximum absolute atomic E-state index is 13.0. The van der Waals surface area contributed by atoms with E-state index in [1.807, 2.05) is 12.1 Å². The first-order valence-electron chi connectivity index (χ1n) is 4.86. The third-order valence-electron chi connectivity index (χ3n) is 2.29. The number of benzene rings is 2. The average Bonchev–Trinajstić information content (AvgIpc) is 2.72. The summed E-state index contributed by atoms with van der Waals surface area (Å²) >= 11 is 0. The monoisotopic (exact) mass is 212 g/mol. The van der Waals surface area contributed by atoms with Gasteiger partial charge in [-0.3, -0.25) is 0 Å². The first kappa shape index (κ1) is 9.09. The lowest BCUT2D eigenvalue weighted by Crippen LogP contribution is -1.78. The second kappa shape index (κ2) is 3.45. The molecule has 3 heteroatoms. The van der Waals surface area contributed by atoms with Crippen molar-refractivity contribution in [2.45, 2.75) is 0 Å². The van der Waals surface area contributed by atoms with Gasteiger partial charge in [-0.05, 0) is 24.3 Å². The van der Waals surface area contributed by atoms with E-state index in [1.54, 1.807) is 18.2 Å². The van der Waals surface area contributed by atoms with Gasteiger partial charge in [-0.1, -0.05) is 18.2 Å². The molecule has 1 heterocycles. The molecule has 16 heavy (non-hydrogen) atoms. The van der Waals surface area contributed by atoms with Crippen molar-refractivity contribution >= 4 is 11.1 Å². The number of oxazole rings is 1. The first-order valence-corrected chi connectivity index (χ1v) is 4.86. The molecule has 0 atom stereocenters. The Kier molecular flexibility index (Phi) is 1.96. The Morgan fingerprint density at radius 3 is 2.94 bits per heavy atom. The third kappa shape index (κ3) is 1.46. The molecule has 0 spiro atoms. The summed E-state index contributed by atoms with van der Waals surface area (Å²) in [4.78, 5) is 4.24. The van der Waals surface area contributed by atoms with Crippen molar-refractivity contribution in [3.8, 4) is 11.5 Å². The molecule has 1 aromatic heterocycles. The maximum atomic E-state index is 13.0. The molecule has 2 nitrogen and oxygen atoms in total. The number of hydrogen-bond acceptors (Lipinski definition) is 2. The Morgan fingerprint density at radius 2 is 2.12 bits per heavy atom. The molecular weight excluding hydrogens is 205 g/mol. The second-order valence-electron chi connectivity index (χ2n) is 3.41. The summed E-state index contributed by atoms with van der Waals surface area (Å²) < 4.78 is 18.5. The quantitative estimate of drug-likeness (QED) is 0.617. The van der Waals surface area contributed by atoms with Crippen LogP contribution in [0.3, 0.4) is 0 Å². The maximum Gasteiger partial charge on any atom is 0.227 e. The van der Waals surface area contributed by atoms with Gasteiger partial charge in [0.05, 0.1) is 0 Å². The molecule has 0 bridgehead atoms. The highest BCUT2D eigenvalue weighted by atomic mass is 19.1. The molecule has 0 aliphatic rings. The van der Waals surface area contributed by atoms with Crippen molar-refractivity contribution in [2.24, 2.45) is 0 Å². The first-order chi connectivity index (χ1) is 7.83. The number of aromatic nitrogens is 1.